The van der Waals surface area contributed by atoms with Gasteiger partial charge in [-0.2, -0.15) is 0 Å². The van der Waals surface area contributed by atoms with E-state index in [1.54, 1.807) is 0 Å². The maximum atomic E-state index is 6.03. The van der Waals surface area contributed by atoms with Crippen LogP contribution in [0.5, 0.6) is 11.5 Å². The van der Waals surface area contributed by atoms with Gasteiger partial charge in [-0.15, -0.1) is 0 Å². The maximum absolute atomic E-state index is 6.03. The van der Waals surface area contributed by atoms with Crippen molar-refractivity contribution in [2.45, 2.75) is 25.8 Å². The predicted molar refractivity (Wildman–Crippen MR) is 82.6 cm³/mol. The topological polar surface area (TPSA) is 35.2 Å². The summed E-state index contributed by atoms with van der Waals surface area (Å²) >= 11 is 3.45. The Kier molecular flexibility index (Phi) is 5.00. The Bertz CT molecular complexity index is 542. The minimum Gasteiger partial charge on any atom is -0.457 e. The van der Waals surface area contributed by atoms with Gasteiger partial charge in [-0.05, 0) is 42.7 Å². The number of halogens is 1. The van der Waals surface area contributed by atoms with Gasteiger partial charge in [0.2, 0.25) is 0 Å². The molecule has 0 spiro atoms. The lowest BCUT2D eigenvalue weighted by molar-refractivity contribution is 0.472. The van der Waals surface area contributed by atoms with Gasteiger partial charge in [0, 0.05) is 10.5 Å². The number of para-hydroxylation sites is 1. The molecule has 2 aromatic carbocycles. The second-order valence-corrected chi connectivity index (χ2v) is 5.46. The summed E-state index contributed by atoms with van der Waals surface area (Å²) in [5.41, 5.74) is 7.18. The van der Waals surface area contributed by atoms with Gasteiger partial charge >= 0.3 is 0 Å². The molecule has 2 aromatic rings. The van der Waals surface area contributed by atoms with E-state index in [2.05, 4.69) is 28.9 Å². The van der Waals surface area contributed by atoms with Crippen LogP contribution in [0.3, 0.4) is 0 Å². The van der Waals surface area contributed by atoms with Crippen LogP contribution in [0.2, 0.25) is 0 Å². The first kappa shape index (κ1) is 14.1. The molecular formula is C16H18BrNO. The fraction of sp³-hybridized carbons (Fsp3) is 0.250. The van der Waals surface area contributed by atoms with Crippen molar-refractivity contribution in [3.8, 4) is 11.5 Å². The molecule has 0 aliphatic carbocycles. The summed E-state index contributed by atoms with van der Waals surface area (Å²) in [6, 6.07) is 16.1. The quantitative estimate of drug-likeness (QED) is 0.879. The summed E-state index contributed by atoms with van der Waals surface area (Å²) in [6.45, 7) is 2.10. The molecular weight excluding hydrogens is 302 g/mol. The van der Waals surface area contributed by atoms with Crippen LogP contribution in [0.4, 0.5) is 0 Å². The smallest absolute Gasteiger partial charge is 0.130 e. The third kappa shape index (κ3) is 4.08. The van der Waals surface area contributed by atoms with Crippen LogP contribution < -0.4 is 10.5 Å². The number of nitrogens with two attached hydrogens (primary N) is 1. The van der Waals surface area contributed by atoms with Crippen LogP contribution in [0.25, 0.3) is 0 Å². The predicted octanol–water partition coefficient (Wildman–Crippen LogP) is 4.52. The highest BCUT2D eigenvalue weighted by Gasteiger charge is 2.08. The molecule has 0 saturated carbocycles. The molecule has 0 heterocycles. The summed E-state index contributed by atoms with van der Waals surface area (Å²) in [4.78, 5) is 0. The molecule has 1 atom stereocenters. The third-order valence-electron chi connectivity index (χ3n) is 3.00. The zero-order valence-electron chi connectivity index (χ0n) is 11.0. The van der Waals surface area contributed by atoms with Crippen molar-refractivity contribution in [1.82, 2.24) is 0 Å². The highest BCUT2D eigenvalue weighted by molar-refractivity contribution is 9.10. The van der Waals surface area contributed by atoms with Crippen molar-refractivity contribution in [3.05, 3.63) is 58.6 Å². The molecule has 100 valence electrons. The molecule has 19 heavy (non-hydrogen) atoms. The van der Waals surface area contributed by atoms with Crippen molar-refractivity contribution < 1.29 is 4.74 Å². The second-order valence-electron chi connectivity index (χ2n) is 4.54. The van der Waals surface area contributed by atoms with Gasteiger partial charge in [0.1, 0.15) is 11.5 Å². The molecule has 0 aliphatic heterocycles. The fourth-order valence-electron chi connectivity index (χ4n) is 1.86. The Balaban J connectivity index is 2.20. The van der Waals surface area contributed by atoms with E-state index in [4.69, 9.17) is 10.5 Å². The molecule has 1 unspecified atom stereocenters. The minimum absolute atomic E-state index is 0.173. The van der Waals surface area contributed by atoms with Crippen molar-refractivity contribution in [2.75, 3.05) is 0 Å². The van der Waals surface area contributed by atoms with Gasteiger partial charge < -0.3 is 10.5 Å². The van der Waals surface area contributed by atoms with E-state index in [1.165, 1.54) is 0 Å². The number of benzene rings is 2. The van der Waals surface area contributed by atoms with Gasteiger partial charge in [0.15, 0.2) is 0 Å². The Morgan fingerprint density at radius 1 is 1.16 bits per heavy atom. The number of rotatable bonds is 5. The lowest BCUT2D eigenvalue weighted by Gasteiger charge is -2.14. The first-order chi connectivity index (χ1) is 9.19. The maximum Gasteiger partial charge on any atom is 0.130 e. The summed E-state index contributed by atoms with van der Waals surface area (Å²) < 4.78 is 6.96. The summed E-state index contributed by atoms with van der Waals surface area (Å²) in [5.74, 6) is 1.70. The minimum atomic E-state index is 0.173. The monoisotopic (exact) mass is 319 g/mol. The van der Waals surface area contributed by atoms with Crippen molar-refractivity contribution >= 4 is 15.9 Å². The molecule has 2 N–H and O–H groups in total. The third-order valence-corrected chi connectivity index (χ3v) is 3.50. The number of hydrogen-bond donors (Lipinski definition) is 1. The molecule has 0 aliphatic rings. The Labute approximate surface area is 122 Å². The molecule has 0 amide bonds. The van der Waals surface area contributed by atoms with Gasteiger partial charge in [0.05, 0.1) is 0 Å². The zero-order valence-corrected chi connectivity index (χ0v) is 12.6. The van der Waals surface area contributed by atoms with Crippen molar-refractivity contribution in [1.29, 1.82) is 0 Å². The van der Waals surface area contributed by atoms with E-state index in [-0.39, 0.29) is 6.04 Å². The summed E-state index contributed by atoms with van der Waals surface area (Å²) in [6.07, 6.45) is 1.80. The average Bonchev–Trinajstić information content (AvgIpc) is 2.41. The van der Waals surface area contributed by atoms with Crippen molar-refractivity contribution in [2.24, 2.45) is 5.73 Å². The molecule has 3 heteroatoms. The molecule has 0 bridgehead atoms. The standard InChI is InChI=1S/C16H18BrNO/c1-2-14(18)10-12-6-3-4-9-16(12)19-15-8-5-7-13(17)11-15/h3-9,11,14H,2,10,18H2,1H3. The lowest BCUT2D eigenvalue weighted by atomic mass is 10.0. The largest absolute Gasteiger partial charge is 0.457 e. The van der Waals surface area contributed by atoms with Gasteiger partial charge in [-0.25, -0.2) is 0 Å². The average molecular weight is 320 g/mol. The van der Waals surface area contributed by atoms with Crippen LogP contribution in [-0.4, -0.2) is 6.04 Å². The highest BCUT2D eigenvalue weighted by Crippen LogP contribution is 2.28. The van der Waals surface area contributed by atoms with E-state index >= 15 is 0 Å². The van der Waals surface area contributed by atoms with E-state index in [9.17, 15) is 0 Å². The van der Waals surface area contributed by atoms with Crippen LogP contribution in [0.1, 0.15) is 18.9 Å². The fourth-order valence-corrected chi connectivity index (χ4v) is 2.23. The Morgan fingerprint density at radius 2 is 1.95 bits per heavy atom. The molecule has 0 fully saturated rings. The number of hydrogen-bond acceptors (Lipinski definition) is 2. The molecule has 0 radical (unpaired) electrons. The van der Waals surface area contributed by atoms with Crippen LogP contribution in [0, 0.1) is 0 Å². The molecule has 0 aromatic heterocycles. The van der Waals surface area contributed by atoms with E-state index in [0.29, 0.717) is 0 Å². The second kappa shape index (κ2) is 6.73. The van der Waals surface area contributed by atoms with Crippen LogP contribution >= 0.6 is 15.9 Å². The molecule has 2 rings (SSSR count). The molecule has 0 saturated heterocycles. The molecule has 2 nitrogen and oxygen atoms in total. The van der Waals surface area contributed by atoms with Gasteiger partial charge in [0.25, 0.3) is 0 Å². The van der Waals surface area contributed by atoms with Gasteiger partial charge in [-0.1, -0.05) is 47.1 Å². The highest BCUT2D eigenvalue weighted by atomic mass is 79.9. The van der Waals surface area contributed by atoms with Gasteiger partial charge in [-0.3, -0.25) is 0 Å². The SMILES string of the molecule is CCC(N)Cc1ccccc1Oc1cccc(Br)c1. The summed E-state index contributed by atoms with van der Waals surface area (Å²) in [5, 5.41) is 0. The van der Waals surface area contributed by atoms with Crippen molar-refractivity contribution in [3.63, 3.8) is 0 Å². The Hall–Kier alpha value is -1.32. The number of ether oxygens (including phenoxy) is 1. The Morgan fingerprint density at radius 3 is 2.68 bits per heavy atom. The van der Waals surface area contributed by atoms with E-state index in [1.807, 2.05) is 42.5 Å². The van der Waals surface area contributed by atoms with Crippen LogP contribution in [0.15, 0.2) is 53.0 Å². The van der Waals surface area contributed by atoms with E-state index < -0.39 is 0 Å². The lowest BCUT2D eigenvalue weighted by Crippen LogP contribution is -2.21. The van der Waals surface area contributed by atoms with Crippen LogP contribution in [-0.2, 0) is 6.42 Å². The normalized spacial score (nSPS) is 12.2. The zero-order chi connectivity index (χ0) is 13.7. The first-order valence-corrected chi connectivity index (χ1v) is 7.25. The first-order valence-electron chi connectivity index (χ1n) is 6.46. The summed E-state index contributed by atoms with van der Waals surface area (Å²) in [7, 11) is 0. The van der Waals surface area contributed by atoms with E-state index in [0.717, 1.165) is 34.4 Å².